The second-order valence-electron chi connectivity index (χ2n) is 6.08. The molecule has 2 aromatic heterocycles. The van der Waals surface area contributed by atoms with Crippen molar-refractivity contribution in [1.82, 2.24) is 24.9 Å². The van der Waals surface area contributed by atoms with Crippen LogP contribution in [-0.4, -0.2) is 31.2 Å². The number of benzene rings is 1. The molecule has 0 amide bonds. The minimum absolute atomic E-state index is 0.557. The first-order valence-electron chi connectivity index (χ1n) is 8.51. The fourth-order valence-electron chi connectivity index (χ4n) is 2.54. The first-order chi connectivity index (χ1) is 13.0. The van der Waals surface area contributed by atoms with Crippen LogP contribution in [0.3, 0.4) is 0 Å². The van der Waals surface area contributed by atoms with Crippen molar-refractivity contribution < 1.29 is 0 Å². The van der Waals surface area contributed by atoms with Crippen molar-refractivity contribution in [3.8, 4) is 0 Å². The summed E-state index contributed by atoms with van der Waals surface area (Å²) in [6.45, 7) is 4.00. The molecule has 0 spiro atoms. The molecule has 142 valence electrons. The highest BCUT2D eigenvalue weighted by molar-refractivity contribution is 7.80. The summed E-state index contributed by atoms with van der Waals surface area (Å²) < 4.78 is 3.66. The number of hydrogen-bond acceptors (Lipinski definition) is 3. The number of hydrogen-bond donors (Lipinski definition) is 2. The van der Waals surface area contributed by atoms with E-state index in [1.807, 2.05) is 52.9 Å². The van der Waals surface area contributed by atoms with Crippen LogP contribution in [0.2, 0.25) is 10.0 Å². The zero-order chi connectivity index (χ0) is 19.2. The first-order valence-corrected chi connectivity index (χ1v) is 9.68. The number of rotatable bonds is 7. The highest BCUT2D eigenvalue weighted by Crippen LogP contribution is 2.17. The normalized spacial score (nSPS) is 10.8. The molecule has 2 heterocycles. The molecule has 0 saturated carbocycles. The van der Waals surface area contributed by atoms with E-state index < -0.39 is 0 Å². The largest absolute Gasteiger partial charge is 0.362 e. The number of thiocarbonyl (C=S) groups is 1. The first kappa shape index (κ1) is 19.7. The third kappa shape index (κ3) is 5.69. The van der Waals surface area contributed by atoms with E-state index in [9.17, 15) is 0 Å². The van der Waals surface area contributed by atoms with Crippen LogP contribution in [0.1, 0.15) is 17.7 Å². The van der Waals surface area contributed by atoms with Gasteiger partial charge in [0.1, 0.15) is 0 Å². The molecule has 0 atom stereocenters. The van der Waals surface area contributed by atoms with Gasteiger partial charge in [-0.05, 0) is 37.2 Å². The van der Waals surface area contributed by atoms with E-state index in [0.717, 1.165) is 41.5 Å². The lowest BCUT2D eigenvalue weighted by Crippen LogP contribution is -2.29. The lowest BCUT2D eigenvalue weighted by atomic mass is 10.2. The summed E-state index contributed by atoms with van der Waals surface area (Å²) in [7, 11) is 0. The predicted octanol–water partition coefficient (Wildman–Crippen LogP) is 4.12. The molecule has 6 nitrogen and oxygen atoms in total. The highest BCUT2D eigenvalue weighted by atomic mass is 35.5. The fraction of sp³-hybridized carbons (Fsp3) is 0.278. The fourth-order valence-corrected chi connectivity index (χ4v) is 3.11. The van der Waals surface area contributed by atoms with Gasteiger partial charge in [0.2, 0.25) is 0 Å². The minimum Gasteiger partial charge on any atom is -0.362 e. The molecular weight excluding hydrogens is 403 g/mol. The molecule has 0 fully saturated rings. The maximum Gasteiger partial charge on any atom is 0.170 e. The number of nitrogens with zero attached hydrogens (tertiary/aromatic N) is 4. The van der Waals surface area contributed by atoms with Gasteiger partial charge in [-0.3, -0.25) is 9.36 Å². The van der Waals surface area contributed by atoms with Crippen molar-refractivity contribution in [2.45, 2.75) is 26.4 Å². The summed E-state index contributed by atoms with van der Waals surface area (Å²) in [5.74, 6) is 0. The zero-order valence-corrected chi connectivity index (χ0v) is 17.2. The Labute approximate surface area is 173 Å². The van der Waals surface area contributed by atoms with E-state index in [-0.39, 0.29) is 0 Å². The summed E-state index contributed by atoms with van der Waals surface area (Å²) in [5, 5.41) is 17.0. The molecule has 27 heavy (non-hydrogen) atoms. The van der Waals surface area contributed by atoms with Crippen molar-refractivity contribution in [2.75, 3.05) is 11.9 Å². The third-order valence-electron chi connectivity index (χ3n) is 3.92. The minimum atomic E-state index is 0.557. The number of nitrogens with one attached hydrogen (secondary N) is 2. The number of aromatic nitrogens is 4. The van der Waals surface area contributed by atoms with Crippen molar-refractivity contribution in [1.29, 1.82) is 0 Å². The summed E-state index contributed by atoms with van der Waals surface area (Å²) >= 11 is 17.5. The molecule has 0 radical (unpaired) electrons. The summed E-state index contributed by atoms with van der Waals surface area (Å²) in [5.41, 5.74) is 2.69. The van der Waals surface area contributed by atoms with Crippen LogP contribution in [0.15, 0.2) is 42.9 Å². The monoisotopic (exact) mass is 422 g/mol. The van der Waals surface area contributed by atoms with Gasteiger partial charge in [-0.25, -0.2) is 0 Å². The van der Waals surface area contributed by atoms with Crippen LogP contribution in [-0.2, 0) is 13.1 Å². The van der Waals surface area contributed by atoms with Crippen molar-refractivity contribution in [2.24, 2.45) is 0 Å². The summed E-state index contributed by atoms with van der Waals surface area (Å²) in [6, 6.07) is 7.73. The van der Waals surface area contributed by atoms with Gasteiger partial charge < -0.3 is 10.6 Å². The van der Waals surface area contributed by atoms with Crippen molar-refractivity contribution in [3.63, 3.8) is 0 Å². The van der Waals surface area contributed by atoms with Gasteiger partial charge in [-0.2, -0.15) is 10.2 Å². The molecule has 0 aliphatic carbocycles. The van der Waals surface area contributed by atoms with Gasteiger partial charge in [0, 0.05) is 30.5 Å². The quantitative estimate of drug-likeness (QED) is 0.442. The van der Waals surface area contributed by atoms with Gasteiger partial charge in [0.25, 0.3) is 0 Å². The second-order valence-corrected chi connectivity index (χ2v) is 7.30. The maximum absolute atomic E-state index is 6.19. The third-order valence-corrected chi connectivity index (χ3v) is 4.90. The summed E-state index contributed by atoms with van der Waals surface area (Å²) in [6.07, 6.45) is 6.34. The Morgan fingerprint density at radius 3 is 2.70 bits per heavy atom. The van der Waals surface area contributed by atoms with E-state index in [0.29, 0.717) is 16.7 Å². The summed E-state index contributed by atoms with van der Waals surface area (Å²) in [4.78, 5) is 0. The van der Waals surface area contributed by atoms with Gasteiger partial charge >= 0.3 is 0 Å². The van der Waals surface area contributed by atoms with E-state index in [4.69, 9.17) is 35.4 Å². The molecule has 2 N–H and O–H groups in total. The van der Waals surface area contributed by atoms with Crippen LogP contribution < -0.4 is 10.6 Å². The molecule has 0 aliphatic heterocycles. The van der Waals surface area contributed by atoms with Crippen molar-refractivity contribution >= 4 is 46.2 Å². The van der Waals surface area contributed by atoms with Gasteiger partial charge in [-0.1, -0.05) is 41.4 Å². The molecular formula is C18H20Cl2N6S. The van der Waals surface area contributed by atoms with Crippen LogP contribution in [0, 0.1) is 6.92 Å². The Hall–Kier alpha value is -2.09. The topological polar surface area (TPSA) is 59.7 Å². The number of aryl methyl sites for hydroxylation is 2. The highest BCUT2D eigenvalue weighted by Gasteiger charge is 2.05. The van der Waals surface area contributed by atoms with E-state index in [1.54, 1.807) is 6.20 Å². The van der Waals surface area contributed by atoms with Gasteiger partial charge in [0.15, 0.2) is 5.11 Å². The molecule has 3 aromatic rings. The lowest BCUT2D eigenvalue weighted by Gasteiger charge is -2.09. The van der Waals surface area contributed by atoms with Gasteiger partial charge in [-0.15, -0.1) is 0 Å². The zero-order valence-electron chi connectivity index (χ0n) is 14.8. The molecule has 0 bridgehead atoms. The molecule has 0 aliphatic rings. The van der Waals surface area contributed by atoms with Crippen LogP contribution in [0.4, 0.5) is 5.69 Å². The van der Waals surface area contributed by atoms with E-state index >= 15 is 0 Å². The van der Waals surface area contributed by atoms with E-state index in [2.05, 4.69) is 20.8 Å². The smallest absolute Gasteiger partial charge is 0.170 e. The second kappa shape index (κ2) is 9.21. The molecule has 3 rings (SSSR count). The average Bonchev–Trinajstić information content (AvgIpc) is 3.20. The Morgan fingerprint density at radius 2 is 1.96 bits per heavy atom. The van der Waals surface area contributed by atoms with Crippen molar-refractivity contribution in [3.05, 3.63) is 64.2 Å². The van der Waals surface area contributed by atoms with E-state index in [1.165, 1.54) is 0 Å². The van der Waals surface area contributed by atoms with Crippen LogP contribution in [0.5, 0.6) is 0 Å². The predicted molar refractivity (Wildman–Crippen MR) is 114 cm³/mol. The Morgan fingerprint density at radius 1 is 1.15 bits per heavy atom. The Bertz CT molecular complexity index is 901. The molecule has 0 unspecified atom stereocenters. The maximum atomic E-state index is 6.19. The number of halogens is 2. The Kier molecular flexibility index (Phi) is 6.71. The lowest BCUT2D eigenvalue weighted by molar-refractivity contribution is 0.570. The van der Waals surface area contributed by atoms with Crippen LogP contribution >= 0.6 is 35.4 Å². The standard InChI is InChI=1S/C18H20Cl2N6S/c1-13-17(20)12-25(24-13)8-4-7-21-18(27)23-15-9-22-26(11-15)10-14-5-2-3-6-16(14)19/h2-3,5-6,9,11-12H,4,7-8,10H2,1H3,(H2,21,23,27). The molecule has 1 aromatic carbocycles. The Balaban J connectivity index is 1.42. The van der Waals surface area contributed by atoms with Crippen LogP contribution in [0.25, 0.3) is 0 Å². The SMILES string of the molecule is Cc1nn(CCCNC(=S)Nc2cnn(Cc3ccccc3Cl)c2)cc1Cl. The molecule has 0 saturated heterocycles. The molecule has 9 heteroatoms. The average molecular weight is 423 g/mol. The van der Waals surface area contributed by atoms with Gasteiger partial charge in [0.05, 0.1) is 29.1 Å². The number of anilines is 1.